The second-order valence-electron chi connectivity index (χ2n) is 8.32. The highest BCUT2D eigenvalue weighted by Gasteiger charge is 2.29. The molecule has 0 saturated heterocycles. The average Bonchev–Trinajstić information content (AvgIpc) is 3.50. The largest absolute Gasteiger partial charge is 0.352 e. The van der Waals surface area contributed by atoms with E-state index in [9.17, 15) is 14.0 Å². The number of carbonyl (C=O) groups excluding carboxylic acids is 2. The molecular formula is C24H27FN6O2. The van der Waals surface area contributed by atoms with E-state index in [-0.39, 0.29) is 30.2 Å². The zero-order valence-electron chi connectivity index (χ0n) is 18.5. The number of carbonyl (C=O) groups is 2. The van der Waals surface area contributed by atoms with Crippen molar-refractivity contribution in [1.29, 1.82) is 0 Å². The van der Waals surface area contributed by atoms with Gasteiger partial charge in [0.05, 0.1) is 0 Å². The lowest BCUT2D eigenvalue weighted by Crippen LogP contribution is -2.50. The number of nitrogens with zero attached hydrogens (tertiary/aromatic N) is 5. The monoisotopic (exact) mass is 450 g/mol. The Morgan fingerprint density at radius 1 is 1.12 bits per heavy atom. The van der Waals surface area contributed by atoms with E-state index in [1.165, 1.54) is 16.9 Å². The summed E-state index contributed by atoms with van der Waals surface area (Å²) in [5, 5.41) is 15.3. The number of halogens is 1. The quantitative estimate of drug-likeness (QED) is 0.570. The van der Waals surface area contributed by atoms with E-state index < -0.39 is 6.04 Å². The van der Waals surface area contributed by atoms with Gasteiger partial charge >= 0.3 is 0 Å². The maximum atomic E-state index is 13.3. The van der Waals surface area contributed by atoms with Crippen LogP contribution in [0.5, 0.6) is 0 Å². The Bertz CT molecular complexity index is 1080. The first-order chi connectivity index (χ1) is 16.0. The topological polar surface area (TPSA) is 93.0 Å². The van der Waals surface area contributed by atoms with Crippen LogP contribution in [-0.4, -0.2) is 49.0 Å². The molecular weight excluding hydrogens is 423 g/mol. The number of tetrazole rings is 1. The molecule has 0 spiro atoms. The SMILES string of the molecule is C[C@@H](C(=O)NC1CCCC1)N(Cc1ccccc1)C(=O)Cn1nnc(-c2ccc(F)cc2)n1. The summed E-state index contributed by atoms with van der Waals surface area (Å²) in [5.41, 5.74) is 1.52. The summed E-state index contributed by atoms with van der Waals surface area (Å²) in [6, 6.07) is 14.8. The first kappa shape index (κ1) is 22.6. The van der Waals surface area contributed by atoms with Gasteiger partial charge in [-0.3, -0.25) is 9.59 Å². The number of amides is 2. The Hall–Kier alpha value is -3.62. The van der Waals surface area contributed by atoms with Crippen molar-refractivity contribution in [3.05, 3.63) is 66.0 Å². The Morgan fingerprint density at radius 2 is 1.82 bits per heavy atom. The first-order valence-corrected chi connectivity index (χ1v) is 11.2. The molecule has 8 nitrogen and oxygen atoms in total. The molecule has 1 aromatic heterocycles. The highest BCUT2D eigenvalue weighted by molar-refractivity contribution is 5.87. The second-order valence-corrected chi connectivity index (χ2v) is 8.32. The van der Waals surface area contributed by atoms with Crippen molar-refractivity contribution in [2.24, 2.45) is 0 Å². The van der Waals surface area contributed by atoms with Crippen LogP contribution in [-0.2, 0) is 22.7 Å². The third kappa shape index (κ3) is 5.79. The van der Waals surface area contributed by atoms with Gasteiger partial charge in [0.1, 0.15) is 18.4 Å². The number of hydrogen-bond donors (Lipinski definition) is 1. The minimum Gasteiger partial charge on any atom is -0.352 e. The Kier molecular flexibility index (Phi) is 7.07. The molecule has 33 heavy (non-hydrogen) atoms. The van der Waals surface area contributed by atoms with Gasteiger partial charge in [0.2, 0.25) is 17.6 Å². The number of nitrogens with one attached hydrogen (secondary N) is 1. The van der Waals surface area contributed by atoms with Gasteiger partial charge in [-0.05, 0) is 54.8 Å². The van der Waals surface area contributed by atoms with Gasteiger partial charge in [-0.2, -0.15) is 4.80 Å². The van der Waals surface area contributed by atoms with Gasteiger partial charge in [-0.15, -0.1) is 10.2 Å². The first-order valence-electron chi connectivity index (χ1n) is 11.2. The standard InChI is InChI=1S/C24H27FN6O2/c1-17(24(33)26-21-9-5-6-10-21)30(15-18-7-3-2-4-8-18)22(32)16-31-28-23(27-29-31)19-11-13-20(25)14-12-19/h2-4,7-8,11-14,17,21H,5-6,9-10,15-16H2,1H3,(H,26,33)/t17-/m0/s1. The fourth-order valence-corrected chi connectivity index (χ4v) is 3.99. The third-order valence-electron chi connectivity index (χ3n) is 5.90. The lowest BCUT2D eigenvalue weighted by molar-refractivity contribution is -0.141. The molecule has 1 fully saturated rings. The minimum atomic E-state index is -0.654. The molecule has 9 heteroatoms. The summed E-state index contributed by atoms with van der Waals surface area (Å²) in [6.07, 6.45) is 4.17. The highest BCUT2D eigenvalue weighted by atomic mass is 19.1. The van der Waals surface area contributed by atoms with Crippen LogP contribution in [0, 0.1) is 5.82 Å². The van der Waals surface area contributed by atoms with Crippen LogP contribution in [0.2, 0.25) is 0 Å². The molecule has 1 saturated carbocycles. The third-order valence-corrected chi connectivity index (χ3v) is 5.90. The zero-order chi connectivity index (χ0) is 23.2. The molecule has 172 valence electrons. The van der Waals surface area contributed by atoms with Crippen LogP contribution in [0.25, 0.3) is 11.4 Å². The summed E-state index contributed by atoms with van der Waals surface area (Å²) in [6.45, 7) is 1.87. The lowest BCUT2D eigenvalue weighted by Gasteiger charge is -2.29. The molecule has 1 N–H and O–H groups in total. The van der Waals surface area contributed by atoms with E-state index >= 15 is 0 Å². The molecule has 3 aromatic rings. The van der Waals surface area contributed by atoms with E-state index in [4.69, 9.17) is 0 Å². The van der Waals surface area contributed by atoms with Crippen molar-refractivity contribution in [3.63, 3.8) is 0 Å². The van der Waals surface area contributed by atoms with E-state index in [2.05, 4.69) is 20.7 Å². The van der Waals surface area contributed by atoms with Crippen molar-refractivity contribution >= 4 is 11.8 Å². The molecule has 1 aliphatic carbocycles. The van der Waals surface area contributed by atoms with Gasteiger partial charge in [0.25, 0.3) is 0 Å². The number of rotatable bonds is 8. The van der Waals surface area contributed by atoms with Gasteiger partial charge in [0.15, 0.2) is 0 Å². The van der Waals surface area contributed by atoms with Crippen LogP contribution < -0.4 is 5.32 Å². The Balaban J connectivity index is 1.48. The molecule has 0 aliphatic heterocycles. The number of benzene rings is 2. The van der Waals surface area contributed by atoms with Crippen molar-refractivity contribution in [2.75, 3.05) is 0 Å². The number of hydrogen-bond acceptors (Lipinski definition) is 5. The van der Waals surface area contributed by atoms with E-state index in [0.29, 0.717) is 17.9 Å². The molecule has 0 radical (unpaired) electrons. The number of aromatic nitrogens is 4. The predicted octanol–water partition coefficient (Wildman–Crippen LogP) is 2.96. The Morgan fingerprint density at radius 3 is 2.52 bits per heavy atom. The van der Waals surface area contributed by atoms with E-state index in [0.717, 1.165) is 31.2 Å². The lowest BCUT2D eigenvalue weighted by atomic mass is 10.1. The predicted molar refractivity (Wildman–Crippen MR) is 120 cm³/mol. The fourth-order valence-electron chi connectivity index (χ4n) is 3.99. The molecule has 2 aromatic carbocycles. The van der Waals surface area contributed by atoms with Crippen LogP contribution in [0.15, 0.2) is 54.6 Å². The van der Waals surface area contributed by atoms with Crippen LogP contribution in [0.1, 0.15) is 38.2 Å². The minimum absolute atomic E-state index is 0.162. The second kappa shape index (κ2) is 10.3. The molecule has 1 heterocycles. The molecule has 0 unspecified atom stereocenters. The Labute approximate surface area is 191 Å². The average molecular weight is 451 g/mol. The molecule has 4 rings (SSSR count). The van der Waals surface area contributed by atoms with Crippen LogP contribution in [0.3, 0.4) is 0 Å². The highest BCUT2D eigenvalue weighted by Crippen LogP contribution is 2.19. The van der Waals surface area contributed by atoms with Gasteiger partial charge < -0.3 is 10.2 Å². The smallest absolute Gasteiger partial charge is 0.247 e. The zero-order valence-corrected chi connectivity index (χ0v) is 18.5. The van der Waals surface area contributed by atoms with E-state index in [1.807, 2.05) is 30.3 Å². The molecule has 1 aliphatic rings. The van der Waals surface area contributed by atoms with Crippen molar-refractivity contribution in [3.8, 4) is 11.4 Å². The van der Waals surface area contributed by atoms with Gasteiger partial charge in [0, 0.05) is 18.2 Å². The van der Waals surface area contributed by atoms with Crippen molar-refractivity contribution < 1.29 is 14.0 Å². The summed E-state index contributed by atoms with van der Waals surface area (Å²) in [7, 11) is 0. The summed E-state index contributed by atoms with van der Waals surface area (Å²) in [5.74, 6) is -0.520. The van der Waals surface area contributed by atoms with Crippen LogP contribution in [0.4, 0.5) is 4.39 Å². The maximum absolute atomic E-state index is 13.3. The van der Waals surface area contributed by atoms with Crippen LogP contribution >= 0.6 is 0 Å². The summed E-state index contributed by atoms with van der Waals surface area (Å²) >= 11 is 0. The fraction of sp³-hybridized carbons (Fsp3) is 0.375. The molecule has 1 atom stereocenters. The van der Waals surface area contributed by atoms with Gasteiger partial charge in [-0.1, -0.05) is 43.2 Å². The summed E-state index contributed by atoms with van der Waals surface area (Å²) < 4.78 is 13.2. The molecule has 0 bridgehead atoms. The van der Waals surface area contributed by atoms with Gasteiger partial charge in [-0.25, -0.2) is 4.39 Å². The van der Waals surface area contributed by atoms with Crippen molar-refractivity contribution in [1.82, 2.24) is 30.4 Å². The normalized spacial score (nSPS) is 14.7. The molecule has 2 amide bonds. The maximum Gasteiger partial charge on any atom is 0.247 e. The van der Waals surface area contributed by atoms with E-state index in [1.54, 1.807) is 24.0 Å². The summed E-state index contributed by atoms with van der Waals surface area (Å²) in [4.78, 5) is 28.9. The van der Waals surface area contributed by atoms with Crippen molar-refractivity contribution in [2.45, 2.75) is 57.8 Å².